The molecule has 1 aliphatic rings. The Morgan fingerprint density at radius 3 is 2.56 bits per heavy atom. The van der Waals surface area contributed by atoms with Crippen molar-refractivity contribution in [2.24, 2.45) is 10.1 Å². The van der Waals surface area contributed by atoms with Gasteiger partial charge in [0.15, 0.2) is 5.76 Å². The predicted molar refractivity (Wildman–Crippen MR) is 36.7 cm³/mol. The standard InChI is InChI=1S/C6H8N2O/c1-4-6(7-3)5(2)9-8-4/h2H2,1,3H3. The molecule has 1 aliphatic heterocycles. The van der Waals surface area contributed by atoms with Crippen LogP contribution in [0, 0.1) is 0 Å². The van der Waals surface area contributed by atoms with Crippen LogP contribution >= 0.6 is 0 Å². The first kappa shape index (κ1) is 6.01. The first-order valence-corrected chi connectivity index (χ1v) is 2.63. The van der Waals surface area contributed by atoms with E-state index in [1.165, 1.54) is 0 Å². The lowest BCUT2D eigenvalue weighted by molar-refractivity contribution is 0.260. The second kappa shape index (κ2) is 2.01. The summed E-state index contributed by atoms with van der Waals surface area (Å²) in [6.45, 7) is 5.42. The SMILES string of the molecule is C=C1ON=C(C)C1=NC. The molecular weight excluding hydrogens is 116 g/mol. The number of rotatable bonds is 0. The monoisotopic (exact) mass is 124 g/mol. The molecule has 0 spiro atoms. The highest BCUT2D eigenvalue weighted by Crippen LogP contribution is 2.08. The van der Waals surface area contributed by atoms with E-state index in [-0.39, 0.29) is 0 Å². The largest absolute Gasteiger partial charge is 0.355 e. The zero-order chi connectivity index (χ0) is 6.85. The van der Waals surface area contributed by atoms with Crippen molar-refractivity contribution in [1.29, 1.82) is 0 Å². The van der Waals surface area contributed by atoms with Gasteiger partial charge in [0.05, 0.1) is 0 Å². The Morgan fingerprint density at radius 2 is 2.33 bits per heavy atom. The van der Waals surface area contributed by atoms with E-state index >= 15 is 0 Å². The molecule has 0 amide bonds. The summed E-state index contributed by atoms with van der Waals surface area (Å²) < 4.78 is 0. The Morgan fingerprint density at radius 1 is 1.67 bits per heavy atom. The van der Waals surface area contributed by atoms with Crippen LogP contribution in [0.2, 0.25) is 0 Å². The van der Waals surface area contributed by atoms with Crippen molar-refractivity contribution in [1.82, 2.24) is 0 Å². The van der Waals surface area contributed by atoms with E-state index in [4.69, 9.17) is 4.84 Å². The number of aliphatic imine (C=N–C) groups is 1. The smallest absolute Gasteiger partial charge is 0.177 e. The number of nitrogens with zero attached hydrogens (tertiary/aromatic N) is 2. The highest BCUT2D eigenvalue weighted by molar-refractivity contribution is 6.47. The lowest BCUT2D eigenvalue weighted by Gasteiger charge is -1.89. The van der Waals surface area contributed by atoms with Gasteiger partial charge in [0.25, 0.3) is 0 Å². The molecule has 9 heavy (non-hydrogen) atoms. The van der Waals surface area contributed by atoms with Crippen molar-refractivity contribution in [2.45, 2.75) is 6.92 Å². The molecule has 48 valence electrons. The predicted octanol–water partition coefficient (Wildman–Crippen LogP) is 0.977. The number of hydrogen-bond acceptors (Lipinski definition) is 3. The van der Waals surface area contributed by atoms with Crippen molar-refractivity contribution >= 4 is 11.4 Å². The summed E-state index contributed by atoms with van der Waals surface area (Å²) in [6, 6.07) is 0. The minimum absolute atomic E-state index is 0.537. The molecular formula is C6H8N2O. The Labute approximate surface area is 53.7 Å². The van der Waals surface area contributed by atoms with Crippen LogP contribution in [0.5, 0.6) is 0 Å². The molecule has 1 rings (SSSR count). The number of allylic oxidation sites excluding steroid dienone is 1. The first-order valence-electron chi connectivity index (χ1n) is 2.63. The molecule has 0 fully saturated rings. The summed E-state index contributed by atoms with van der Waals surface area (Å²) in [5, 5.41) is 3.66. The fourth-order valence-electron chi connectivity index (χ4n) is 0.698. The van der Waals surface area contributed by atoms with Crippen LogP contribution in [0.4, 0.5) is 0 Å². The van der Waals surface area contributed by atoms with E-state index in [1.807, 2.05) is 6.92 Å². The zero-order valence-corrected chi connectivity index (χ0v) is 5.51. The van der Waals surface area contributed by atoms with Gasteiger partial charge in [-0.15, -0.1) is 0 Å². The van der Waals surface area contributed by atoms with Gasteiger partial charge < -0.3 is 4.84 Å². The van der Waals surface area contributed by atoms with Gasteiger partial charge in [0.1, 0.15) is 11.4 Å². The summed E-state index contributed by atoms with van der Waals surface area (Å²) in [5.74, 6) is 0.537. The van der Waals surface area contributed by atoms with Crippen LogP contribution in [0.25, 0.3) is 0 Å². The van der Waals surface area contributed by atoms with Crippen LogP contribution in [0.1, 0.15) is 6.92 Å². The average Bonchev–Trinajstić information content (AvgIpc) is 2.12. The van der Waals surface area contributed by atoms with E-state index < -0.39 is 0 Å². The quantitative estimate of drug-likeness (QED) is 0.474. The molecule has 0 N–H and O–H groups in total. The van der Waals surface area contributed by atoms with E-state index in [2.05, 4.69) is 16.7 Å². The van der Waals surface area contributed by atoms with E-state index in [1.54, 1.807) is 7.05 Å². The van der Waals surface area contributed by atoms with Gasteiger partial charge in [-0.2, -0.15) is 0 Å². The molecule has 0 unspecified atom stereocenters. The normalized spacial score (nSPS) is 22.2. The fraction of sp³-hybridized carbons (Fsp3) is 0.333. The van der Waals surface area contributed by atoms with E-state index in [9.17, 15) is 0 Å². The highest BCUT2D eigenvalue weighted by atomic mass is 16.6. The second-order valence-electron chi connectivity index (χ2n) is 1.76. The van der Waals surface area contributed by atoms with E-state index in [0.29, 0.717) is 5.76 Å². The maximum atomic E-state index is 4.73. The third-order valence-corrected chi connectivity index (χ3v) is 1.12. The van der Waals surface area contributed by atoms with Gasteiger partial charge in [0, 0.05) is 7.05 Å². The minimum Gasteiger partial charge on any atom is -0.355 e. The van der Waals surface area contributed by atoms with Crippen molar-refractivity contribution in [3.63, 3.8) is 0 Å². The maximum absolute atomic E-state index is 4.73. The molecule has 0 aromatic heterocycles. The molecule has 0 atom stereocenters. The average molecular weight is 124 g/mol. The molecule has 3 heteroatoms. The fourth-order valence-corrected chi connectivity index (χ4v) is 0.698. The van der Waals surface area contributed by atoms with Gasteiger partial charge in [-0.1, -0.05) is 11.7 Å². The molecule has 0 saturated carbocycles. The van der Waals surface area contributed by atoms with Gasteiger partial charge >= 0.3 is 0 Å². The van der Waals surface area contributed by atoms with Gasteiger partial charge in [-0.25, -0.2) is 0 Å². The van der Waals surface area contributed by atoms with Gasteiger partial charge in [-0.3, -0.25) is 4.99 Å². The van der Waals surface area contributed by atoms with E-state index in [0.717, 1.165) is 11.4 Å². The van der Waals surface area contributed by atoms with Crippen LogP contribution in [-0.2, 0) is 4.84 Å². The Kier molecular flexibility index (Phi) is 1.34. The second-order valence-corrected chi connectivity index (χ2v) is 1.76. The Hall–Kier alpha value is -1.12. The highest BCUT2D eigenvalue weighted by Gasteiger charge is 2.15. The molecule has 0 saturated heterocycles. The molecule has 1 heterocycles. The molecule has 3 nitrogen and oxygen atoms in total. The van der Waals surface area contributed by atoms with Crippen LogP contribution in [0.3, 0.4) is 0 Å². The molecule has 0 bridgehead atoms. The topological polar surface area (TPSA) is 34.0 Å². The van der Waals surface area contributed by atoms with Crippen molar-refractivity contribution in [3.05, 3.63) is 12.3 Å². The summed E-state index contributed by atoms with van der Waals surface area (Å²) in [4.78, 5) is 8.64. The summed E-state index contributed by atoms with van der Waals surface area (Å²) in [6.07, 6.45) is 0. The maximum Gasteiger partial charge on any atom is 0.177 e. The number of hydrogen-bond donors (Lipinski definition) is 0. The lowest BCUT2D eigenvalue weighted by atomic mass is 10.2. The Balaban J connectivity index is 2.93. The van der Waals surface area contributed by atoms with Gasteiger partial charge in [0.2, 0.25) is 0 Å². The zero-order valence-electron chi connectivity index (χ0n) is 5.51. The molecule has 0 radical (unpaired) electrons. The van der Waals surface area contributed by atoms with Crippen LogP contribution in [-0.4, -0.2) is 18.5 Å². The Bertz CT molecular complexity index is 203. The summed E-state index contributed by atoms with van der Waals surface area (Å²) in [7, 11) is 1.69. The third-order valence-electron chi connectivity index (χ3n) is 1.12. The minimum atomic E-state index is 0.537. The van der Waals surface area contributed by atoms with Gasteiger partial charge in [-0.05, 0) is 6.92 Å². The first-order chi connectivity index (χ1) is 4.25. The van der Waals surface area contributed by atoms with Crippen molar-refractivity contribution in [3.8, 4) is 0 Å². The third kappa shape index (κ3) is 0.850. The summed E-state index contributed by atoms with van der Waals surface area (Å²) in [5.41, 5.74) is 1.55. The molecule has 0 aromatic carbocycles. The summed E-state index contributed by atoms with van der Waals surface area (Å²) >= 11 is 0. The van der Waals surface area contributed by atoms with Crippen LogP contribution in [0.15, 0.2) is 22.5 Å². The van der Waals surface area contributed by atoms with Crippen molar-refractivity contribution in [2.75, 3.05) is 7.05 Å². The molecule has 0 aliphatic carbocycles. The van der Waals surface area contributed by atoms with Crippen LogP contribution < -0.4 is 0 Å². The lowest BCUT2D eigenvalue weighted by Crippen LogP contribution is -2.05. The molecule has 0 aromatic rings. The van der Waals surface area contributed by atoms with Crippen molar-refractivity contribution < 1.29 is 4.84 Å². The number of oxime groups is 1.